The summed E-state index contributed by atoms with van der Waals surface area (Å²) >= 11 is 0. The highest BCUT2D eigenvalue weighted by Crippen LogP contribution is 2.22. The van der Waals surface area contributed by atoms with Crippen molar-refractivity contribution in [3.05, 3.63) is 29.8 Å². The van der Waals surface area contributed by atoms with Gasteiger partial charge in [0, 0.05) is 25.3 Å². The summed E-state index contributed by atoms with van der Waals surface area (Å²) in [6.07, 6.45) is 1.39. The molecule has 0 unspecified atom stereocenters. The van der Waals surface area contributed by atoms with Crippen molar-refractivity contribution < 1.29 is 14.7 Å². The number of carboxylic acids is 1. The second-order valence-electron chi connectivity index (χ2n) is 5.49. The minimum Gasteiger partial charge on any atom is -0.481 e. The molecule has 1 aliphatic rings. The van der Waals surface area contributed by atoms with E-state index in [0.29, 0.717) is 26.1 Å². The number of hydrogen-bond donors (Lipinski definition) is 1. The van der Waals surface area contributed by atoms with Gasteiger partial charge in [-0.15, -0.1) is 0 Å². The topological polar surface area (TPSA) is 60.9 Å². The number of carbonyl (C=O) groups excluding carboxylic acids is 1. The molecule has 0 radical (unpaired) electrons. The first kappa shape index (κ1) is 15.4. The molecule has 5 heteroatoms. The van der Waals surface area contributed by atoms with Crippen LogP contribution in [0.15, 0.2) is 24.3 Å². The normalized spacial score (nSPS) is 18.4. The van der Waals surface area contributed by atoms with Gasteiger partial charge in [-0.25, -0.2) is 4.79 Å². The van der Waals surface area contributed by atoms with Crippen molar-refractivity contribution in [1.29, 1.82) is 0 Å². The fourth-order valence-corrected chi connectivity index (χ4v) is 2.75. The Hall–Kier alpha value is -2.04. The number of aliphatic carboxylic acids is 1. The number of nitrogens with zero attached hydrogens (tertiary/aromatic N) is 2. The molecule has 114 valence electrons. The summed E-state index contributed by atoms with van der Waals surface area (Å²) in [5, 5.41) is 9.14. The van der Waals surface area contributed by atoms with Gasteiger partial charge in [-0.1, -0.05) is 12.1 Å². The van der Waals surface area contributed by atoms with Crippen molar-refractivity contribution in [2.24, 2.45) is 5.92 Å². The lowest BCUT2D eigenvalue weighted by atomic mass is 9.98. The van der Waals surface area contributed by atoms with Crippen LogP contribution in [0.4, 0.5) is 10.5 Å². The molecule has 0 saturated carbocycles. The number of anilines is 1. The zero-order valence-corrected chi connectivity index (χ0v) is 12.6. The van der Waals surface area contributed by atoms with Crippen LogP contribution in [0.3, 0.4) is 0 Å². The number of hydrogen-bond acceptors (Lipinski definition) is 2. The molecule has 1 fully saturated rings. The van der Waals surface area contributed by atoms with Crippen molar-refractivity contribution in [2.75, 3.05) is 24.5 Å². The molecule has 5 nitrogen and oxygen atoms in total. The molecule has 1 aromatic carbocycles. The van der Waals surface area contributed by atoms with Gasteiger partial charge >= 0.3 is 12.0 Å². The minimum absolute atomic E-state index is 0.103. The number of urea groups is 1. The van der Waals surface area contributed by atoms with Crippen molar-refractivity contribution in [2.45, 2.75) is 26.7 Å². The zero-order chi connectivity index (χ0) is 15.4. The van der Waals surface area contributed by atoms with Gasteiger partial charge < -0.3 is 10.0 Å². The second kappa shape index (κ2) is 6.61. The van der Waals surface area contributed by atoms with Crippen molar-refractivity contribution in [3.8, 4) is 0 Å². The molecule has 0 aliphatic carbocycles. The molecule has 0 spiro atoms. The molecule has 1 aromatic rings. The van der Waals surface area contributed by atoms with Gasteiger partial charge in [0.2, 0.25) is 0 Å². The summed E-state index contributed by atoms with van der Waals surface area (Å²) in [4.78, 5) is 27.2. The van der Waals surface area contributed by atoms with E-state index in [2.05, 4.69) is 0 Å². The molecular formula is C16H22N2O3. The molecule has 2 rings (SSSR count). The Labute approximate surface area is 125 Å². The summed E-state index contributed by atoms with van der Waals surface area (Å²) in [6, 6.07) is 7.70. The third kappa shape index (κ3) is 3.54. The van der Waals surface area contributed by atoms with E-state index in [-0.39, 0.29) is 6.03 Å². The van der Waals surface area contributed by atoms with Crippen molar-refractivity contribution >= 4 is 17.7 Å². The van der Waals surface area contributed by atoms with Gasteiger partial charge in [0.15, 0.2) is 0 Å². The summed E-state index contributed by atoms with van der Waals surface area (Å²) in [6.45, 7) is 5.42. The highest BCUT2D eigenvalue weighted by atomic mass is 16.4. The monoisotopic (exact) mass is 290 g/mol. The SMILES string of the molecule is CCN(C(=O)N1CCC[C@@H](C(=O)O)C1)c1cccc(C)c1. The van der Waals surface area contributed by atoms with E-state index in [1.54, 1.807) is 9.80 Å². The van der Waals surface area contributed by atoms with Crippen LogP contribution in [0, 0.1) is 12.8 Å². The Morgan fingerprint density at radius 1 is 1.43 bits per heavy atom. The summed E-state index contributed by atoms with van der Waals surface area (Å²) in [5.74, 6) is -1.26. The van der Waals surface area contributed by atoms with E-state index in [1.165, 1.54) is 0 Å². The summed E-state index contributed by atoms with van der Waals surface area (Å²) in [7, 11) is 0. The minimum atomic E-state index is -0.814. The predicted molar refractivity (Wildman–Crippen MR) is 81.5 cm³/mol. The van der Waals surface area contributed by atoms with Gasteiger partial charge in [-0.3, -0.25) is 9.69 Å². The fourth-order valence-electron chi connectivity index (χ4n) is 2.75. The standard InChI is InChI=1S/C16H22N2O3/c1-3-18(14-8-4-6-12(2)10-14)16(21)17-9-5-7-13(11-17)15(19)20/h4,6,8,10,13H,3,5,7,9,11H2,1-2H3,(H,19,20)/t13-/m1/s1. The fraction of sp³-hybridized carbons (Fsp3) is 0.500. The molecule has 1 saturated heterocycles. The molecule has 1 atom stereocenters. The maximum Gasteiger partial charge on any atom is 0.324 e. The Balaban J connectivity index is 2.14. The van der Waals surface area contributed by atoms with Crippen LogP contribution in [0.1, 0.15) is 25.3 Å². The second-order valence-corrected chi connectivity index (χ2v) is 5.49. The Morgan fingerprint density at radius 3 is 2.81 bits per heavy atom. The molecule has 1 N–H and O–H groups in total. The predicted octanol–water partition coefficient (Wildman–Crippen LogP) is 2.74. The average molecular weight is 290 g/mol. The Bertz CT molecular complexity index is 530. The average Bonchev–Trinajstić information content (AvgIpc) is 2.48. The molecule has 0 aromatic heterocycles. The van der Waals surface area contributed by atoms with Crippen LogP contribution >= 0.6 is 0 Å². The van der Waals surface area contributed by atoms with Gasteiger partial charge in [-0.05, 0) is 44.4 Å². The van der Waals surface area contributed by atoms with Gasteiger partial charge in [0.25, 0.3) is 0 Å². The van der Waals surface area contributed by atoms with Crippen molar-refractivity contribution in [3.63, 3.8) is 0 Å². The maximum absolute atomic E-state index is 12.7. The van der Waals surface area contributed by atoms with Crippen LogP contribution in [0.2, 0.25) is 0 Å². The number of aryl methyl sites for hydroxylation is 1. The number of carboxylic acid groups (broad SMARTS) is 1. The van der Waals surface area contributed by atoms with Crippen LogP contribution in [0.5, 0.6) is 0 Å². The zero-order valence-electron chi connectivity index (χ0n) is 12.6. The smallest absolute Gasteiger partial charge is 0.324 e. The van der Waals surface area contributed by atoms with Crippen LogP contribution < -0.4 is 4.90 Å². The van der Waals surface area contributed by atoms with E-state index in [0.717, 1.165) is 17.7 Å². The first-order chi connectivity index (χ1) is 10.0. The third-order valence-corrected chi connectivity index (χ3v) is 3.90. The molecule has 21 heavy (non-hydrogen) atoms. The Kier molecular flexibility index (Phi) is 4.83. The van der Waals surface area contributed by atoms with E-state index in [9.17, 15) is 9.59 Å². The Morgan fingerprint density at radius 2 is 2.19 bits per heavy atom. The summed E-state index contributed by atoms with van der Waals surface area (Å²) in [5.41, 5.74) is 1.96. The molecule has 2 amide bonds. The lowest BCUT2D eigenvalue weighted by Gasteiger charge is -2.35. The first-order valence-electron chi connectivity index (χ1n) is 7.39. The van der Waals surface area contributed by atoms with E-state index >= 15 is 0 Å². The third-order valence-electron chi connectivity index (χ3n) is 3.90. The number of rotatable bonds is 3. The van der Waals surface area contributed by atoms with E-state index in [4.69, 9.17) is 5.11 Å². The number of amides is 2. The van der Waals surface area contributed by atoms with Crippen molar-refractivity contribution in [1.82, 2.24) is 4.90 Å². The number of benzene rings is 1. The first-order valence-corrected chi connectivity index (χ1v) is 7.39. The van der Waals surface area contributed by atoms with Crippen LogP contribution in [-0.2, 0) is 4.79 Å². The quantitative estimate of drug-likeness (QED) is 0.931. The molecule has 1 aliphatic heterocycles. The molecule has 1 heterocycles. The van der Waals surface area contributed by atoms with E-state index < -0.39 is 11.9 Å². The van der Waals surface area contributed by atoms with Gasteiger partial charge in [0.05, 0.1) is 5.92 Å². The molecular weight excluding hydrogens is 268 g/mol. The largest absolute Gasteiger partial charge is 0.481 e. The highest BCUT2D eigenvalue weighted by Gasteiger charge is 2.30. The van der Waals surface area contributed by atoms with Gasteiger partial charge in [-0.2, -0.15) is 0 Å². The number of likely N-dealkylation sites (tertiary alicyclic amines) is 1. The number of piperidine rings is 1. The van der Waals surface area contributed by atoms with Crippen LogP contribution in [0.25, 0.3) is 0 Å². The van der Waals surface area contributed by atoms with Crippen LogP contribution in [-0.4, -0.2) is 41.6 Å². The number of carbonyl (C=O) groups is 2. The lowest BCUT2D eigenvalue weighted by Crippen LogP contribution is -2.49. The summed E-state index contributed by atoms with van der Waals surface area (Å²) < 4.78 is 0. The maximum atomic E-state index is 12.7. The van der Waals surface area contributed by atoms with E-state index in [1.807, 2.05) is 38.1 Å². The highest BCUT2D eigenvalue weighted by molar-refractivity contribution is 5.92. The molecule has 0 bridgehead atoms. The van der Waals surface area contributed by atoms with Gasteiger partial charge in [0.1, 0.15) is 0 Å². The lowest BCUT2D eigenvalue weighted by molar-refractivity contribution is -0.143.